The van der Waals surface area contributed by atoms with E-state index in [0.717, 1.165) is 0 Å². The van der Waals surface area contributed by atoms with E-state index in [0.29, 0.717) is 0 Å². The largest absolute Gasteiger partial charge is 0.494 e. The minimum atomic E-state index is -1.54. The summed E-state index contributed by atoms with van der Waals surface area (Å²) in [6, 6.07) is 0. The van der Waals surface area contributed by atoms with Gasteiger partial charge in [-0.2, -0.15) is 0 Å². The zero-order valence-electron chi connectivity index (χ0n) is 9.27. The summed E-state index contributed by atoms with van der Waals surface area (Å²) < 4.78 is 9.76. The van der Waals surface area contributed by atoms with Crippen molar-refractivity contribution >= 4 is 5.78 Å². The lowest BCUT2D eigenvalue weighted by Gasteiger charge is -2.38. The lowest BCUT2D eigenvalue weighted by atomic mass is 9.77. The summed E-state index contributed by atoms with van der Waals surface area (Å²) in [5.41, 5.74) is -1.54. The molecule has 0 aromatic rings. The van der Waals surface area contributed by atoms with Crippen molar-refractivity contribution < 1.29 is 24.5 Å². The third-order valence-electron chi connectivity index (χ3n) is 2.94. The van der Waals surface area contributed by atoms with E-state index < -0.39 is 17.6 Å². The van der Waals surface area contributed by atoms with Crippen LogP contribution >= 0.6 is 0 Å². The average Bonchev–Trinajstić information content (AvgIpc) is 2.21. The van der Waals surface area contributed by atoms with Crippen LogP contribution in [0, 0.1) is 5.92 Å². The summed E-state index contributed by atoms with van der Waals surface area (Å²) in [7, 11) is 2.64. The molecule has 15 heavy (non-hydrogen) atoms. The van der Waals surface area contributed by atoms with Crippen LogP contribution in [0.3, 0.4) is 0 Å². The summed E-state index contributed by atoms with van der Waals surface area (Å²) >= 11 is 0. The Balaban J connectivity index is 3.28. The Morgan fingerprint density at radius 2 is 1.87 bits per heavy atom. The molecule has 2 N–H and O–H groups in total. The fourth-order valence-corrected chi connectivity index (χ4v) is 1.62. The first-order valence-corrected chi connectivity index (χ1v) is 4.64. The number of methoxy groups -OCH3 is 2. The minimum Gasteiger partial charge on any atom is -0.494 e. The quantitative estimate of drug-likeness (QED) is 0.669. The van der Waals surface area contributed by atoms with Gasteiger partial charge in [0.05, 0.1) is 20.1 Å². The SMILES string of the molecule is COC1=C(OC)[C@H](O)[C@](C)(O)[C@H](C)C1=O. The molecule has 0 aromatic carbocycles. The number of hydrogen-bond acceptors (Lipinski definition) is 5. The summed E-state index contributed by atoms with van der Waals surface area (Å²) in [5.74, 6) is -1.15. The Hall–Kier alpha value is -1.07. The molecule has 1 aliphatic carbocycles. The van der Waals surface area contributed by atoms with Gasteiger partial charge >= 0.3 is 0 Å². The number of aliphatic hydroxyl groups excluding tert-OH is 1. The summed E-state index contributed by atoms with van der Waals surface area (Å²) in [6.45, 7) is 2.93. The van der Waals surface area contributed by atoms with Gasteiger partial charge in [-0.3, -0.25) is 4.79 Å². The van der Waals surface area contributed by atoms with Crippen molar-refractivity contribution in [2.24, 2.45) is 5.92 Å². The van der Waals surface area contributed by atoms with Gasteiger partial charge in [0, 0.05) is 0 Å². The van der Waals surface area contributed by atoms with Gasteiger partial charge in [-0.25, -0.2) is 0 Å². The topological polar surface area (TPSA) is 76.0 Å². The Kier molecular flexibility index (Phi) is 3.06. The number of ketones is 1. The van der Waals surface area contributed by atoms with E-state index in [1.54, 1.807) is 0 Å². The molecule has 0 saturated carbocycles. The number of carbonyl (C=O) groups is 1. The lowest BCUT2D eigenvalue weighted by Crippen LogP contribution is -2.53. The predicted molar refractivity (Wildman–Crippen MR) is 51.8 cm³/mol. The van der Waals surface area contributed by atoms with Gasteiger partial charge in [-0.15, -0.1) is 0 Å². The number of rotatable bonds is 2. The van der Waals surface area contributed by atoms with Crippen molar-refractivity contribution in [1.82, 2.24) is 0 Å². The standard InChI is InChI=1S/C10H16O5/c1-5-6(11)7(14-3)8(15-4)9(12)10(5,2)13/h5,9,12-13H,1-4H3/t5-,9+,10-/m1/s1. The molecule has 0 radical (unpaired) electrons. The maximum atomic E-state index is 11.8. The predicted octanol–water partition coefficient (Wildman–Crippen LogP) is -0.179. The number of aliphatic hydroxyl groups is 2. The van der Waals surface area contributed by atoms with Crippen LogP contribution in [0.2, 0.25) is 0 Å². The van der Waals surface area contributed by atoms with Gasteiger partial charge in [0.1, 0.15) is 11.7 Å². The number of Topliss-reactive ketones (excluding diaryl/α,β-unsaturated/α-hetero) is 1. The second-order valence-electron chi connectivity index (χ2n) is 3.82. The van der Waals surface area contributed by atoms with Crippen LogP contribution in [-0.2, 0) is 14.3 Å². The maximum absolute atomic E-state index is 11.8. The van der Waals surface area contributed by atoms with Crippen molar-refractivity contribution in [3.8, 4) is 0 Å². The maximum Gasteiger partial charge on any atom is 0.206 e. The first-order chi connectivity index (χ1) is 6.87. The molecule has 0 aromatic heterocycles. The molecule has 0 bridgehead atoms. The first kappa shape index (κ1) is 12.0. The van der Waals surface area contributed by atoms with E-state index in [-0.39, 0.29) is 17.3 Å². The van der Waals surface area contributed by atoms with Crippen LogP contribution in [0.1, 0.15) is 13.8 Å². The Bertz CT molecular complexity index is 305. The molecule has 0 heterocycles. The van der Waals surface area contributed by atoms with E-state index >= 15 is 0 Å². The highest BCUT2D eigenvalue weighted by molar-refractivity contribution is 5.97. The Labute approximate surface area is 88.3 Å². The first-order valence-electron chi connectivity index (χ1n) is 4.64. The third-order valence-corrected chi connectivity index (χ3v) is 2.94. The van der Waals surface area contributed by atoms with Crippen LogP contribution < -0.4 is 0 Å². The van der Waals surface area contributed by atoms with Crippen LogP contribution in [-0.4, -0.2) is 41.9 Å². The second-order valence-corrected chi connectivity index (χ2v) is 3.82. The van der Waals surface area contributed by atoms with E-state index in [9.17, 15) is 15.0 Å². The Morgan fingerprint density at radius 1 is 1.33 bits per heavy atom. The lowest BCUT2D eigenvalue weighted by molar-refractivity contribution is -0.148. The van der Waals surface area contributed by atoms with Crippen LogP contribution in [0.4, 0.5) is 0 Å². The molecule has 3 atom stereocenters. The molecular formula is C10H16O5. The van der Waals surface area contributed by atoms with Crippen LogP contribution in [0.5, 0.6) is 0 Å². The van der Waals surface area contributed by atoms with Crippen molar-refractivity contribution in [2.75, 3.05) is 14.2 Å². The summed E-state index contributed by atoms with van der Waals surface area (Å²) in [6.07, 6.45) is -1.26. The molecular weight excluding hydrogens is 200 g/mol. The number of hydrogen-bond donors (Lipinski definition) is 2. The zero-order valence-corrected chi connectivity index (χ0v) is 9.27. The highest BCUT2D eigenvalue weighted by atomic mass is 16.5. The van der Waals surface area contributed by atoms with Crippen LogP contribution in [0.15, 0.2) is 11.5 Å². The van der Waals surface area contributed by atoms with Crippen molar-refractivity contribution in [1.29, 1.82) is 0 Å². The normalized spacial score (nSPS) is 36.8. The zero-order chi connectivity index (χ0) is 11.8. The molecule has 0 spiro atoms. The molecule has 0 unspecified atom stereocenters. The molecule has 0 fully saturated rings. The van der Waals surface area contributed by atoms with Gasteiger partial charge in [-0.05, 0) is 6.92 Å². The molecule has 86 valence electrons. The summed E-state index contributed by atoms with van der Waals surface area (Å²) in [4.78, 5) is 11.8. The van der Waals surface area contributed by atoms with E-state index in [2.05, 4.69) is 0 Å². The molecule has 0 saturated heterocycles. The fraction of sp³-hybridized carbons (Fsp3) is 0.700. The van der Waals surface area contributed by atoms with Crippen molar-refractivity contribution in [3.63, 3.8) is 0 Å². The second kappa shape index (κ2) is 3.83. The number of ether oxygens (including phenoxy) is 2. The van der Waals surface area contributed by atoms with Crippen LogP contribution in [0.25, 0.3) is 0 Å². The van der Waals surface area contributed by atoms with Gasteiger partial charge in [0.25, 0.3) is 0 Å². The average molecular weight is 216 g/mol. The van der Waals surface area contributed by atoms with Gasteiger partial charge in [-0.1, -0.05) is 6.92 Å². The molecule has 5 heteroatoms. The fourth-order valence-electron chi connectivity index (χ4n) is 1.62. The van der Waals surface area contributed by atoms with Gasteiger partial charge in [0.15, 0.2) is 5.76 Å². The molecule has 0 amide bonds. The minimum absolute atomic E-state index is 0.0226. The monoisotopic (exact) mass is 216 g/mol. The van der Waals surface area contributed by atoms with E-state index in [1.165, 1.54) is 28.1 Å². The van der Waals surface area contributed by atoms with E-state index in [4.69, 9.17) is 9.47 Å². The van der Waals surface area contributed by atoms with E-state index in [1.807, 2.05) is 0 Å². The number of carbonyl (C=O) groups excluding carboxylic acids is 1. The highest BCUT2D eigenvalue weighted by Gasteiger charge is 2.50. The molecule has 0 aliphatic heterocycles. The van der Waals surface area contributed by atoms with Gasteiger partial charge in [0.2, 0.25) is 11.5 Å². The smallest absolute Gasteiger partial charge is 0.206 e. The Morgan fingerprint density at radius 3 is 2.27 bits per heavy atom. The highest BCUT2D eigenvalue weighted by Crippen LogP contribution is 2.35. The molecule has 5 nitrogen and oxygen atoms in total. The van der Waals surface area contributed by atoms with Crippen molar-refractivity contribution in [3.05, 3.63) is 11.5 Å². The third kappa shape index (κ3) is 1.61. The number of allylic oxidation sites excluding steroid dienone is 1. The van der Waals surface area contributed by atoms with Crippen molar-refractivity contribution in [2.45, 2.75) is 25.6 Å². The molecule has 1 aliphatic rings. The van der Waals surface area contributed by atoms with Gasteiger partial charge < -0.3 is 19.7 Å². The summed E-state index contributed by atoms with van der Waals surface area (Å²) in [5, 5.41) is 19.8. The molecule has 1 rings (SSSR count).